The molecule has 0 fully saturated rings. The summed E-state index contributed by atoms with van der Waals surface area (Å²) in [4.78, 5) is 24.8. The van der Waals surface area contributed by atoms with Crippen LogP contribution in [-0.4, -0.2) is 24.9 Å². The second-order valence-electron chi connectivity index (χ2n) is 5.43. The summed E-state index contributed by atoms with van der Waals surface area (Å²) < 4.78 is 26.4. The van der Waals surface area contributed by atoms with Crippen LogP contribution >= 0.6 is 11.6 Å². The number of halogens is 3. The first-order valence-electron chi connectivity index (χ1n) is 7.61. The van der Waals surface area contributed by atoms with Crippen LogP contribution in [0, 0.1) is 11.6 Å². The van der Waals surface area contributed by atoms with Gasteiger partial charge in [0.05, 0.1) is 0 Å². The van der Waals surface area contributed by atoms with Gasteiger partial charge in [-0.2, -0.15) is 0 Å². The molecule has 4 nitrogen and oxygen atoms in total. The molecule has 25 heavy (non-hydrogen) atoms. The number of carbonyl (C=O) groups is 2. The zero-order valence-electron chi connectivity index (χ0n) is 13.6. The van der Waals surface area contributed by atoms with Crippen LogP contribution in [0.4, 0.5) is 14.5 Å². The third-order valence-corrected chi connectivity index (χ3v) is 3.76. The molecule has 0 atom stereocenters. The third kappa shape index (κ3) is 5.53. The summed E-state index contributed by atoms with van der Waals surface area (Å²) in [6.45, 7) is 1.33. The van der Waals surface area contributed by atoms with Crippen molar-refractivity contribution in [2.24, 2.45) is 0 Å². The molecule has 132 valence electrons. The zero-order chi connectivity index (χ0) is 18.4. The SMILES string of the molecule is CC(=O)N(CC(=O)NCCc1cccc(Cl)c1)c1ccc(F)c(F)c1. The molecule has 0 aliphatic heterocycles. The van der Waals surface area contributed by atoms with Crippen molar-refractivity contribution in [1.82, 2.24) is 5.32 Å². The van der Waals surface area contributed by atoms with E-state index < -0.39 is 23.4 Å². The number of benzene rings is 2. The van der Waals surface area contributed by atoms with Crippen molar-refractivity contribution in [2.45, 2.75) is 13.3 Å². The van der Waals surface area contributed by atoms with Crippen LogP contribution in [0.1, 0.15) is 12.5 Å². The summed E-state index contributed by atoms with van der Waals surface area (Å²) >= 11 is 5.89. The highest BCUT2D eigenvalue weighted by Gasteiger charge is 2.17. The van der Waals surface area contributed by atoms with Crippen LogP contribution in [0.15, 0.2) is 42.5 Å². The van der Waals surface area contributed by atoms with E-state index in [-0.39, 0.29) is 12.2 Å². The minimum Gasteiger partial charge on any atom is -0.354 e. The van der Waals surface area contributed by atoms with Crippen molar-refractivity contribution in [3.05, 3.63) is 64.7 Å². The van der Waals surface area contributed by atoms with E-state index in [9.17, 15) is 18.4 Å². The average Bonchev–Trinajstić information content (AvgIpc) is 2.55. The molecule has 2 amide bonds. The van der Waals surface area contributed by atoms with Crippen molar-refractivity contribution in [1.29, 1.82) is 0 Å². The van der Waals surface area contributed by atoms with Gasteiger partial charge in [-0.3, -0.25) is 9.59 Å². The molecule has 0 heterocycles. The Labute approximate surface area is 149 Å². The van der Waals surface area contributed by atoms with Crippen molar-refractivity contribution in [3.63, 3.8) is 0 Å². The van der Waals surface area contributed by atoms with E-state index >= 15 is 0 Å². The molecule has 0 saturated heterocycles. The van der Waals surface area contributed by atoms with Gasteiger partial charge in [0.2, 0.25) is 11.8 Å². The molecule has 0 aliphatic carbocycles. The van der Waals surface area contributed by atoms with E-state index in [0.717, 1.165) is 22.6 Å². The van der Waals surface area contributed by atoms with Crippen LogP contribution in [0.25, 0.3) is 0 Å². The van der Waals surface area contributed by atoms with Gasteiger partial charge >= 0.3 is 0 Å². The molecule has 0 spiro atoms. The Balaban J connectivity index is 1.93. The second-order valence-corrected chi connectivity index (χ2v) is 5.87. The highest BCUT2D eigenvalue weighted by Crippen LogP contribution is 2.18. The van der Waals surface area contributed by atoms with Gasteiger partial charge in [-0.1, -0.05) is 23.7 Å². The maximum absolute atomic E-state index is 13.3. The van der Waals surface area contributed by atoms with Crippen LogP contribution in [0.5, 0.6) is 0 Å². The zero-order valence-corrected chi connectivity index (χ0v) is 14.3. The number of hydrogen-bond acceptors (Lipinski definition) is 2. The molecule has 1 N–H and O–H groups in total. The summed E-state index contributed by atoms with van der Waals surface area (Å²) in [5, 5.41) is 3.30. The van der Waals surface area contributed by atoms with E-state index in [1.165, 1.54) is 13.0 Å². The van der Waals surface area contributed by atoms with Crippen LogP contribution < -0.4 is 10.2 Å². The molecular weight excluding hydrogens is 350 g/mol. The van der Waals surface area contributed by atoms with E-state index in [2.05, 4.69) is 5.32 Å². The topological polar surface area (TPSA) is 49.4 Å². The fraction of sp³-hybridized carbons (Fsp3) is 0.222. The molecule has 0 bridgehead atoms. The number of nitrogens with one attached hydrogen (secondary N) is 1. The Morgan fingerprint density at radius 1 is 1.12 bits per heavy atom. The first kappa shape index (κ1) is 18.9. The van der Waals surface area contributed by atoms with Gasteiger partial charge in [0, 0.05) is 30.2 Å². The van der Waals surface area contributed by atoms with Crippen molar-refractivity contribution >= 4 is 29.1 Å². The minimum atomic E-state index is -1.08. The highest BCUT2D eigenvalue weighted by atomic mass is 35.5. The number of hydrogen-bond donors (Lipinski definition) is 1. The maximum Gasteiger partial charge on any atom is 0.240 e. The number of amides is 2. The highest BCUT2D eigenvalue weighted by molar-refractivity contribution is 6.30. The Morgan fingerprint density at radius 2 is 1.88 bits per heavy atom. The molecule has 2 aromatic rings. The van der Waals surface area contributed by atoms with Gasteiger partial charge < -0.3 is 10.2 Å². The van der Waals surface area contributed by atoms with Crippen molar-refractivity contribution in [3.8, 4) is 0 Å². The molecule has 0 radical (unpaired) electrons. The van der Waals surface area contributed by atoms with Gasteiger partial charge in [0.25, 0.3) is 0 Å². The van der Waals surface area contributed by atoms with Gasteiger partial charge in [-0.15, -0.1) is 0 Å². The quantitative estimate of drug-likeness (QED) is 0.852. The molecule has 2 rings (SSSR count). The lowest BCUT2D eigenvalue weighted by atomic mass is 10.1. The number of anilines is 1. The smallest absolute Gasteiger partial charge is 0.240 e. The summed E-state index contributed by atoms with van der Waals surface area (Å²) in [7, 11) is 0. The number of carbonyl (C=O) groups excluding carboxylic acids is 2. The summed E-state index contributed by atoms with van der Waals surface area (Å²) in [6, 6.07) is 10.3. The number of nitrogens with zero attached hydrogens (tertiary/aromatic N) is 1. The van der Waals surface area contributed by atoms with Gasteiger partial charge in [-0.25, -0.2) is 8.78 Å². The van der Waals surface area contributed by atoms with E-state index in [0.29, 0.717) is 18.0 Å². The normalized spacial score (nSPS) is 10.4. The third-order valence-electron chi connectivity index (χ3n) is 3.52. The van der Waals surface area contributed by atoms with E-state index in [4.69, 9.17) is 11.6 Å². The molecular formula is C18H17ClF2N2O2. The first-order valence-corrected chi connectivity index (χ1v) is 7.99. The Hall–Kier alpha value is -2.47. The fourth-order valence-corrected chi connectivity index (χ4v) is 2.49. The average molecular weight is 367 g/mol. The lowest BCUT2D eigenvalue weighted by molar-refractivity contribution is -0.123. The molecule has 2 aromatic carbocycles. The van der Waals surface area contributed by atoms with E-state index in [1.54, 1.807) is 12.1 Å². The predicted octanol–water partition coefficient (Wildman–Crippen LogP) is 3.33. The Bertz CT molecular complexity index is 783. The van der Waals surface area contributed by atoms with Gasteiger partial charge in [0.15, 0.2) is 11.6 Å². The standard InChI is InChI=1S/C18H17ClF2N2O2/c1-12(24)23(15-5-6-16(20)17(21)10-15)11-18(25)22-8-7-13-3-2-4-14(19)9-13/h2-6,9-10H,7-8,11H2,1H3,(H,22,25). The second kappa shape index (κ2) is 8.58. The van der Waals surface area contributed by atoms with Crippen molar-refractivity contribution in [2.75, 3.05) is 18.0 Å². The van der Waals surface area contributed by atoms with E-state index in [1.807, 2.05) is 12.1 Å². The Kier molecular flexibility index (Phi) is 6.47. The predicted molar refractivity (Wildman–Crippen MR) is 92.6 cm³/mol. The lowest BCUT2D eigenvalue weighted by Gasteiger charge is -2.20. The molecule has 0 saturated carbocycles. The minimum absolute atomic E-state index is 0.122. The van der Waals surface area contributed by atoms with Crippen LogP contribution in [0.3, 0.4) is 0 Å². The fourth-order valence-electron chi connectivity index (χ4n) is 2.28. The monoisotopic (exact) mass is 366 g/mol. The lowest BCUT2D eigenvalue weighted by Crippen LogP contribution is -2.40. The molecule has 0 unspecified atom stereocenters. The Morgan fingerprint density at radius 3 is 2.52 bits per heavy atom. The van der Waals surface area contributed by atoms with Crippen molar-refractivity contribution < 1.29 is 18.4 Å². The van der Waals surface area contributed by atoms with Gasteiger partial charge in [-0.05, 0) is 36.2 Å². The first-order chi connectivity index (χ1) is 11.9. The summed E-state index contributed by atoms with van der Waals surface area (Å²) in [6.07, 6.45) is 0.581. The maximum atomic E-state index is 13.3. The molecule has 0 aromatic heterocycles. The number of rotatable bonds is 6. The van der Waals surface area contributed by atoms with Gasteiger partial charge in [0.1, 0.15) is 6.54 Å². The summed E-state index contributed by atoms with van der Waals surface area (Å²) in [5.41, 5.74) is 1.09. The summed E-state index contributed by atoms with van der Waals surface area (Å²) in [5.74, 6) is -2.94. The van der Waals surface area contributed by atoms with Crippen LogP contribution in [0.2, 0.25) is 5.02 Å². The largest absolute Gasteiger partial charge is 0.354 e. The molecule has 7 heteroatoms. The molecule has 0 aliphatic rings. The van der Waals surface area contributed by atoms with Crippen LogP contribution in [-0.2, 0) is 16.0 Å².